The predicted molar refractivity (Wildman–Crippen MR) is 40.4 cm³/mol. The summed E-state index contributed by atoms with van der Waals surface area (Å²) in [5.74, 6) is -0.327. The van der Waals surface area contributed by atoms with Crippen molar-refractivity contribution >= 4 is 0 Å². The first-order chi connectivity index (χ1) is 5.24. The molecule has 0 radical (unpaired) electrons. The van der Waals surface area contributed by atoms with Gasteiger partial charge in [0.2, 0.25) is 0 Å². The zero-order valence-electron chi connectivity index (χ0n) is 6.00. The molecule has 0 saturated carbocycles. The van der Waals surface area contributed by atoms with Gasteiger partial charge in [0.1, 0.15) is 5.82 Å². The van der Waals surface area contributed by atoms with Crippen molar-refractivity contribution < 1.29 is 9.50 Å². The van der Waals surface area contributed by atoms with Crippen molar-refractivity contribution in [3.8, 4) is 0 Å². The first-order valence-corrected chi connectivity index (χ1v) is 3.36. The number of hydrogen-bond acceptors (Lipinski definition) is 2. The molecule has 0 aliphatic carbocycles. The number of nitrogens with two attached hydrogens (primary N) is 1. The van der Waals surface area contributed by atoms with Gasteiger partial charge in [0, 0.05) is 0 Å². The molecule has 3 heteroatoms. The van der Waals surface area contributed by atoms with Gasteiger partial charge in [-0.3, -0.25) is 0 Å². The maximum atomic E-state index is 12.5. The minimum Gasteiger partial charge on any atom is -0.394 e. The maximum absolute atomic E-state index is 12.5. The van der Waals surface area contributed by atoms with E-state index in [2.05, 4.69) is 0 Å². The van der Waals surface area contributed by atoms with Crippen LogP contribution in [0.5, 0.6) is 0 Å². The summed E-state index contributed by atoms with van der Waals surface area (Å²) in [5, 5.41) is 8.63. The van der Waals surface area contributed by atoms with E-state index in [4.69, 9.17) is 10.8 Å². The summed E-state index contributed by atoms with van der Waals surface area (Å²) in [4.78, 5) is 0. The average Bonchev–Trinajstić information content (AvgIpc) is 2.03. The smallest absolute Gasteiger partial charge is 0.123 e. The monoisotopic (exact) mass is 155 g/mol. The van der Waals surface area contributed by atoms with Crippen LogP contribution in [0.3, 0.4) is 0 Å². The first-order valence-electron chi connectivity index (χ1n) is 3.36. The molecule has 0 fully saturated rings. The lowest BCUT2D eigenvalue weighted by molar-refractivity contribution is 0.268. The van der Waals surface area contributed by atoms with E-state index in [1.165, 1.54) is 12.1 Å². The molecule has 0 aliphatic rings. The fourth-order valence-electron chi connectivity index (χ4n) is 0.843. The molecule has 2 nitrogen and oxygen atoms in total. The van der Waals surface area contributed by atoms with Crippen LogP contribution in [-0.2, 0) is 0 Å². The van der Waals surface area contributed by atoms with Crippen molar-refractivity contribution in [1.82, 2.24) is 0 Å². The number of benzene rings is 1. The van der Waals surface area contributed by atoms with Crippen LogP contribution in [0, 0.1) is 5.82 Å². The average molecular weight is 155 g/mol. The summed E-state index contributed by atoms with van der Waals surface area (Å²) >= 11 is 0. The van der Waals surface area contributed by atoms with E-state index in [1.54, 1.807) is 12.1 Å². The maximum Gasteiger partial charge on any atom is 0.123 e. The summed E-state index contributed by atoms with van der Waals surface area (Å²) in [6, 6.07) is 5.43. The topological polar surface area (TPSA) is 46.2 Å². The van der Waals surface area contributed by atoms with Gasteiger partial charge in [-0.25, -0.2) is 4.39 Å². The van der Waals surface area contributed by atoms with E-state index in [0.717, 1.165) is 0 Å². The van der Waals surface area contributed by atoms with Crippen LogP contribution in [0.15, 0.2) is 24.3 Å². The minimum absolute atomic E-state index is 0.163. The summed E-state index contributed by atoms with van der Waals surface area (Å²) in [6.07, 6.45) is 0. The van der Waals surface area contributed by atoms with Crippen molar-refractivity contribution in [2.45, 2.75) is 6.04 Å². The van der Waals surface area contributed by atoms with Crippen LogP contribution in [-0.4, -0.2) is 11.7 Å². The fraction of sp³-hybridized carbons (Fsp3) is 0.250. The molecule has 1 rings (SSSR count). The highest BCUT2D eigenvalue weighted by Crippen LogP contribution is 2.10. The van der Waals surface area contributed by atoms with Crippen LogP contribution in [0.2, 0.25) is 0 Å². The highest BCUT2D eigenvalue weighted by Gasteiger charge is 2.03. The van der Waals surface area contributed by atoms with Crippen LogP contribution < -0.4 is 5.73 Å². The van der Waals surface area contributed by atoms with Crippen molar-refractivity contribution in [1.29, 1.82) is 0 Å². The summed E-state index contributed by atoms with van der Waals surface area (Å²) in [7, 11) is 0. The largest absolute Gasteiger partial charge is 0.394 e. The Kier molecular flexibility index (Phi) is 2.57. The third-order valence-electron chi connectivity index (χ3n) is 1.47. The molecule has 0 aliphatic heterocycles. The molecule has 0 amide bonds. The molecule has 0 unspecified atom stereocenters. The highest BCUT2D eigenvalue weighted by atomic mass is 19.1. The van der Waals surface area contributed by atoms with Crippen LogP contribution in [0.4, 0.5) is 4.39 Å². The van der Waals surface area contributed by atoms with Crippen molar-refractivity contribution in [2.24, 2.45) is 5.73 Å². The zero-order valence-corrected chi connectivity index (χ0v) is 6.00. The molecule has 3 N–H and O–H groups in total. The summed E-state index contributed by atoms with van der Waals surface area (Å²) in [6.45, 7) is -0.163. The molecule has 1 aromatic rings. The lowest BCUT2D eigenvalue weighted by atomic mass is 10.1. The van der Waals surface area contributed by atoms with E-state index < -0.39 is 6.04 Å². The number of aliphatic hydroxyl groups is 1. The second-order valence-corrected chi connectivity index (χ2v) is 2.34. The molecule has 1 atom stereocenters. The van der Waals surface area contributed by atoms with E-state index in [9.17, 15) is 4.39 Å². The third-order valence-corrected chi connectivity index (χ3v) is 1.47. The third kappa shape index (κ3) is 2.00. The molecule has 1 aromatic carbocycles. The number of hydrogen-bond donors (Lipinski definition) is 2. The molecule has 0 heterocycles. The summed E-state index contributed by atoms with van der Waals surface area (Å²) < 4.78 is 12.5. The summed E-state index contributed by atoms with van der Waals surface area (Å²) in [5.41, 5.74) is 6.06. The van der Waals surface area contributed by atoms with E-state index >= 15 is 0 Å². The molecular formula is C8H10FNO. The number of aliphatic hydroxyl groups excluding tert-OH is 1. The van der Waals surface area contributed by atoms with Gasteiger partial charge in [0.05, 0.1) is 12.6 Å². The van der Waals surface area contributed by atoms with Crippen LogP contribution in [0.1, 0.15) is 11.6 Å². The Bertz CT molecular complexity index is 239. The molecule has 0 aromatic heterocycles. The Morgan fingerprint density at radius 3 is 2.82 bits per heavy atom. The van der Waals surface area contributed by atoms with Gasteiger partial charge >= 0.3 is 0 Å². The fourth-order valence-corrected chi connectivity index (χ4v) is 0.843. The van der Waals surface area contributed by atoms with Crippen molar-refractivity contribution in [3.05, 3.63) is 35.6 Å². The Morgan fingerprint density at radius 1 is 1.55 bits per heavy atom. The van der Waals surface area contributed by atoms with Gasteiger partial charge in [-0.1, -0.05) is 12.1 Å². The molecule has 11 heavy (non-hydrogen) atoms. The predicted octanol–water partition coefficient (Wildman–Crippen LogP) is 0.818. The Hall–Kier alpha value is -0.930. The first kappa shape index (κ1) is 8.17. The quantitative estimate of drug-likeness (QED) is 0.664. The standard InChI is InChI=1S/C8H10FNO/c9-7-3-1-2-6(4-7)8(10)5-11/h1-4,8,11H,5,10H2/t8-/m1/s1. The minimum atomic E-state index is -0.481. The Balaban J connectivity index is 2.86. The highest BCUT2D eigenvalue weighted by molar-refractivity contribution is 5.19. The molecular weight excluding hydrogens is 145 g/mol. The Morgan fingerprint density at radius 2 is 2.27 bits per heavy atom. The van der Waals surface area contributed by atoms with Gasteiger partial charge in [-0.2, -0.15) is 0 Å². The molecule has 0 saturated heterocycles. The lowest BCUT2D eigenvalue weighted by Gasteiger charge is -2.06. The van der Waals surface area contributed by atoms with Crippen LogP contribution in [0.25, 0.3) is 0 Å². The normalized spacial score (nSPS) is 13.0. The van der Waals surface area contributed by atoms with Crippen molar-refractivity contribution in [2.75, 3.05) is 6.61 Å². The van der Waals surface area contributed by atoms with Gasteiger partial charge in [0.15, 0.2) is 0 Å². The zero-order chi connectivity index (χ0) is 8.27. The lowest BCUT2D eigenvalue weighted by Crippen LogP contribution is -2.14. The number of halogens is 1. The van der Waals surface area contributed by atoms with Gasteiger partial charge in [-0.15, -0.1) is 0 Å². The SMILES string of the molecule is N[C@H](CO)c1cccc(F)c1. The molecule has 0 spiro atoms. The van der Waals surface area contributed by atoms with Gasteiger partial charge < -0.3 is 10.8 Å². The van der Waals surface area contributed by atoms with E-state index in [1.807, 2.05) is 0 Å². The molecule has 60 valence electrons. The van der Waals surface area contributed by atoms with Crippen molar-refractivity contribution in [3.63, 3.8) is 0 Å². The van der Waals surface area contributed by atoms with E-state index in [0.29, 0.717) is 5.56 Å². The second-order valence-electron chi connectivity index (χ2n) is 2.34. The Labute approximate surface area is 64.5 Å². The van der Waals surface area contributed by atoms with E-state index in [-0.39, 0.29) is 12.4 Å². The van der Waals surface area contributed by atoms with Gasteiger partial charge in [-0.05, 0) is 17.7 Å². The van der Waals surface area contributed by atoms with Gasteiger partial charge in [0.25, 0.3) is 0 Å². The molecule has 0 bridgehead atoms. The van der Waals surface area contributed by atoms with Crippen LogP contribution >= 0.6 is 0 Å². The number of rotatable bonds is 2. The second kappa shape index (κ2) is 3.46.